The largest absolute Gasteiger partial charge is 0.486 e. The van der Waals surface area contributed by atoms with Crippen molar-refractivity contribution in [2.24, 2.45) is 0 Å². The number of carbonyl (C=O) groups excluding carboxylic acids is 1. The van der Waals surface area contributed by atoms with E-state index in [0.29, 0.717) is 46.9 Å². The third-order valence-corrected chi connectivity index (χ3v) is 6.59. The fourth-order valence-corrected chi connectivity index (χ4v) is 4.57. The summed E-state index contributed by atoms with van der Waals surface area (Å²) in [4.78, 5) is 17.3. The van der Waals surface area contributed by atoms with Crippen molar-refractivity contribution in [2.75, 3.05) is 30.4 Å². The number of amides is 1. The van der Waals surface area contributed by atoms with Crippen LogP contribution in [0.2, 0.25) is 5.02 Å². The Morgan fingerprint density at radius 1 is 1.32 bits per heavy atom. The van der Waals surface area contributed by atoms with Gasteiger partial charge in [-0.2, -0.15) is 5.26 Å². The molecule has 0 saturated carbocycles. The summed E-state index contributed by atoms with van der Waals surface area (Å²) in [7, 11) is 0. The van der Waals surface area contributed by atoms with Crippen LogP contribution in [-0.4, -0.2) is 42.8 Å². The van der Waals surface area contributed by atoms with Crippen molar-refractivity contribution >= 4 is 45.5 Å². The van der Waals surface area contributed by atoms with Crippen molar-refractivity contribution in [1.29, 1.82) is 5.26 Å². The van der Waals surface area contributed by atoms with Crippen LogP contribution in [-0.2, 0) is 9.53 Å². The lowest BCUT2D eigenvalue weighted by Crippen LogP contribution is -2.20. The van der Waals surface area contributed by atoms with Gasteiger partial charge >= 0.3 is 0 Å². The monoisotopic (exact) mass is 521 g/mol. The summed E-state index contributed by atoms with van der Waals surface area (Å²) in [5.74, 6) is -0.391. The molecule has 2 atom stereocenters. The van der Waals surface area contributed by atoms with Gasteiger partial charge in [0.1, 0.15) is 23.7 Å². The number of aromatic nitrogens is 1. The highest BCUT2D eigenvalue weighted by molar-refractivity contribution is 6.31. The molecule has 1 unspecified atom stereocenters. The van der Waals surface area contributed by atoms with E-state index in [1.807, 2.05) is 6.08 Å². The van der Waals surface area contributed by atoms with Crippen LogP contribution in [0.3, 0.4) is 0 Å². The van der Waals surface area contributed by atoms with Gasteiger partial charge in [0.05, 0.1) is 40.7 Å². The minimum atomic E-state index is -0.546. The van der Waals surface area contributed by atoms with Gasteiger partial charge in [-0.1, -0.05) is 17.7 Å². The Balaban J connectivity index is 1.53. The van der Waals surface area contributed by atoms with E-state index in [2.05, 4.69) is 27.0 Å². The number of anilines is 3. The van der Waals surface area contributed by atoms with E-state index in [9.17, 15) is 14.4 Å². The number of carbonyl (C=O) groups is 1. The third kappa shape index (κ3) is 5.83. The molecule has 8 nitrogen and oxygen atoms in total. The molecule has 0 aliphatic carbocycles. The molecule has 0 bridgehead atoms. The number of halogens is 2. The zero-order valence-corrected chi connectivity index (χ0v) is 20.6. The number of nitrogens with zero attached hydrogens (tertiary/aromatic N) is 2. The van der Waals surface area contributed by atoms with Crippen LogP contribution in [0.25, 0.3) is 10.9 Å². The first-order chi connectivity index (χ1) is 18.0. The number of hydrogen-bond acceptors (Lipinski definition) is 7. The molecule has 2 saturated heterocycles. The molecule has 1 aromatic heterocycles. The standard InChI is InChI=1S/C27H25ClFN5O3/c28-21-10-18(3-5-22(21)29)33-27-16(13-30)14-32-23-12-25(37-19-7-9-36-15-19)24(11-20(23)27)34-26(35)6-4-17-2-1-8-31-17/h3-6,10-12,14,17,19,31H,1-2,7-9,15H2,(H,32,33)(H,34,35)/b6-4+/t17?,19-/m0/s1. The molecule has 37 heavy (non-hydrogen) atoms. The highest BCUT2D eigenvalue weighted by atomic mass is 35.5. The van der Waals surface area contributed by atoms with Crippen molar-refractivity contribution in [2.45, 2.75) is 31.4 Å². The minimum absolute atomic E-state index is 0.0483. The molecule has 0 radical (unpaired) electrons. The van der Waals surface area contributed by atoms with Gasteiger partial charge in [0.15, 0.2) is 0 Å². The predicted octanol–water partition coefficient (Wildman–Crippen LogP) is 5.06. The fraction of sp³-hybridized carbons (Fsp3) is 0.296. The summed E-state index contributed by atoms with van der Waals surface area (Å²) in [6.07, 6.45) is 7.47. The molecule has 3 N–H and O–H groups in total. The normalized spacial score (nSPS) is 19.3. The average molecular weight is 522 g/mol. The van der Waals surface area contributed by atoms with Gasteiger partial charge in [0.2, 0.25) is 5.91 Å². The van der Waals surface area contributed by atoms with Crippen molar-refractivity contribution in [3.63, 3.8) is 0 Å². The Morgan fingerprint density at radius 3 is 2.95 bits per heavy atom. The Bertz CT molecular complexity index is 1400. The second-order valence-corrected chi connectivity index (χ2v) is 9.34. The summed E-state index contributed by atoms with van der Waals surface area (Å²) >= 11 is 5.96. The van der Waals surface area contributed by atoms with E-state index in [4.69, 9.17) is 21.1 Å². The van der Waals surface area contributed by atoms with E-state index >= 15 is 0 Å². The van der Waals surface area contributed by atoms with Crippen LogP contribution in [0.15, 0.2) is 48.7 Å². The van der Waals surface area contributed by atoms with E-state index in [1.165, 1.54) is 30.5 Å². The van der Waals surface area contributed by atoms with Crippen molar-refractivity contribution in [3.8, 4) is 11.8 Å². The van der Waals surface area contributed by atoms with E-state index < -0.39 is 5.82 Å². The van der Waals surface area contributed by atoms with E-state index in [-0.39, 0.29) is 28.6 Å². The SMILES string of the molecule is N#Cc1cnc2cc(O[C@H]3CCOC3)c(NC(=O)/C=C/C3CCCN3)cc2c1Nc1ccc(F)c(Cl)c1. The number of nitrogens with one attached hydrogen (secondary N) is 3. The number of fused-ring (bicyclic) bond motifs is 1. The summed E-state index contributed by atoms with van der Waals surface area (Å²) in [5.41, 5.74) is 2.21. The number of hydrogen-bond donors (Lipinski definition) is 3. The summed E-state index contributed by atoms with van der Waals surface area (Å²) in [5, 5.41) is 19.7. The van der Waals surface area contributed by atoms with Crippen molar-refractivity contribution in [1.82, 2.24) is 10.3 Å². The summed E-state index contributed by atoms with van der Waals surface area (Å²) in [6, 6.07) is 9.97. The molecule has 5 rings (SSSR count). The van der Waals surface area contributed by atoms with E-state index in [0.717, 1.165) is 25.8 Å². The van der Waals surface area contributed by atoms with Gasteiger partial charge in [-0.05, 0) is 43.7 Å². The quantitative estimate of drug-likeness (QED) is 0.373. The van der Waals surface area contributed by atoms with Crippen LogP contribution in [0.5, 0.6) is 5.75 Å². The topological polar surface area (TPSA) is 108 Å². The number of pyridine rings is 1. The number of rotatable bonds is 7. The van der Waals surface area contributed by atoms with Gasteiger partial charge < -0.3 is 25.4 Å². The number of ether oxygens (including phenoxy) is 2. The maximum Gasteiger partial charge on any atom is 0.248 e. The second-order valence-electron chi connectivity index (χ2n) is 8.93. The van der Waals surface area contributed by atoms with Crippen LogP contribution in [0.1, 0.15) is 24.8 Å². The highest BCUT2D eigenvalue weighted by Gasteiger charge is 2.21. The van der Waals surface area contributed by atoms with Gasteiger partial charge in [-0.15, -0.1) is 0 Å². The smallest absolute Gasteiger partial charge is 0.248 e. The zero-order valence-electron chi connectivity index (χ0n) is 19.9. The summed E-state index contributed by atoms with van der Waals surface area (Å²) in [6.45, 7) is 2.00. The molecular weight excluding hydrogens is 497 g/mol. The van der Waals surface area contributed by atoms with Crippen LogP contribution in [0, 0.1) is 17.1 Å². The molecule has 1 amide bonds. The Hall–Kier alpha value is -3.71. The van der Waals surface area contributed by atoms with Gasteiger partial charge in [-0.25, -0.2) is 4.39 Å². The number of nitriles is 1. The lowest BCUT2D eigenvalue weighted by Gasteiger charge is -2.18. The number of benzene rings is 2. The van der Waals surface area contributed by atoms with Crippen LogP contribution >= 0.6 is 11.6 Å². The van der Waals surface area contributed by atoms with Gasteiger partial charge in [0.25, 0.3) is 0 Å². The molecule has 2 aromatic carbocycles. The molecule has 2 aliphatic heterocycles. The molecule has 190 valence electrons. The average Bonchev–Trinajstić information content (AvgIpc) is 3.60. The van der Waals surface area contributed by atoms with Crippen LogP contribution < -0.4 is 20.7 Å². The third-order valence-electron chi connectivity index (χ3n) is 6.30. The molecule has 3 heterocycles. The molecule has 10 heteroatoms. The molecule has 0 spiro atoms. The minimum Gasteiger partial charge on any atom is -0.486 e. The van der Waals surface area contributed by atoms with Crippen molar-refractivity contribution in [3.05, 3.63) is 65.1 Å². The maximum atomic E-state index is 13.7. The molecule has 2 aliphatic rings. The highest BCUT2D eigenvalue weighted by Crippen LogP contribution is 2.37. The molecular formula is C27H25ClFN5O3. The maximum absolute atomic E-state index is 13.7. The Labute approximate surface area is 218 Å². The van der Waals surface area contributed by atoms with Gasteiger partial charge in [-0.3, -0.25) is 9.78 Å². The molecule has 2 fully saturated rings. The van der Waals surface area contributed by atoms with Crippen LogP contribution in [0.4, 0.5) is 21.5 Å². The first kappa shape index (κ1) is 25.0. The lowest BCUT2D eigenvalue weighted by molar-refractivity contribution is -0.111. The van der Waals surface area contributed by atoms with Crippen molar-refractivity contribution < 1.29 is 18.7 Å². The first-order valence-corrected chi connectivity index (χ1v) is 12.4. The Morgan fingerprint density at radius 2 is 2.22 bits per heavy atom. The van der Waals surface area contributed by atoms with Gasteiger partial charge in [0, 0.05) is 41.9 Å². The first-order valence-electron chi connectivity index (χ1n) is 12.1. The second kappa shape index (κ2) is 11.1. The van der Waals surface area contributed by atoms with E-state index in [1.54, 1.807) is 12.1 Å². The molecule has 3 aromatic rings. The fourth-order valence-electron chi connectivity index (χ4n) is 4.39. The summed E-state index contributed by atoms with van der Waals surface area (Å²) < 4.78 is 25.3. The zero-order chi connectivity index (χ0) is 25.8. The predicted molar refractivity (Wildman–Crippen MR) is 140 cm³/mol. The Kier molecular flexibility index (Phi) is 7.51. The lowest BCUT2D eigenvalue weighted by atomic mass is 10.1.